The standard InChI is InChI=1S/C24H35N/c1-3-5-20-8-12-23(13-9-20)24(18-25)16-14-22(15-17-24)21-10-6-19(4-2)7-11-21/h8-9,12-13,19,21-22H,3-7,10-11,14-17H2,1-2H3. The maximum Gasteiger partial charge on any atom is 0.0822 e. The molecule has 1 aromatic carbocycles. The van der Waals surface area contributed by atoms with Gasteiger partial charge in [-0.25, -0.2) is 0 Å². The summed E-state index contributed by atoms with van der Waals surface area (Å²) in [5.74, 6) is 2.80. The van der Waals surface area contributed by atoms with Gasteiger partial charge < -0.3 is 0 Å². The number of benzene rings is 1. The molecule has 0 spiro atoms. The van der Waals surface area contributed by atoms with Gasteiger partial charge in [-0.3, -0.25) is 0 Å². The highest BCUT2D eigenvalue weighted by Gasteiger charge is 2.39. The molecule has 0 aromatic heterocycles. The highest BCUT2D eigenvalue weighted by Crippen LogP contribution is 2.47. The van der Waals surface area contributed by atoms with Crippen LogP contribution in [0.25, 0.3) is 0 Å². The fourth-order valence-electron chi connectivity index (χ4n) is 5.42. The average molecular weight is 338 g/mol. The molecule has 0 saturated heterocycles. The summed E-state index contributed by atoms with van der Waals surface area (Å²) < 4.78 is 0. The Bertz CT molecular complexity index is 563. The average Bonchev–Trinajstić information content (AvgIpc) is 2.69. The zero-order valence-electron chi connectivity index (χ0n) is 16.3. The highest BCUT2D eigenvalue weighted by molar-refractivity contribution is 5.35. The minimum atomic E-state index is -0.220. The van der Waals surface area contributed by atoms with E-state index in [0.717, 1.165) is 37.0 Å². The number of nitriles is 1. The molecule has 136 valence electrons. The van der Waals surface area contributed by atoms with Gasteiger partial charge in [0.25, 0.3) is 0 Å². The molecule has 0 aliphatic heterocycles. The van der Waals surface area contributed by atoms with Crippen molar-refractivity contribution >= 4 is 0 Å². The van der Waals surface area contributed by atoms with Crippen LogP contribution < -0.4 is 0 Å². The van der Waals surface area contributed by atoms with E-state index in [0.29, 0.717) is 0 Å². The third-order valence-corrected chi connectivity index (χ3v) is 7.28. The van der Waals surface area contributed by atoms with Crippen molar-refractivity contribution in [2.24, 2.45) is 17.8 Å². The smallest absolute Gasteiger partial charge is 0.0822 e. The zero-order chi connectivity index (χ0) is 17.7. The maximum absolute atomic E-state index is 9.98. The topological polar surface area (TPSA) is 23.8 Å². The molecule has 0 unspecified atom stereocenters. The van der Waals surface area contributed by atoms with E-state index in [1.54, 1.807) is 0 Å². The van der Waals surface area contributed by atoms with E-state index in [9.17, 15) is 5.26 Å². The largest absolute Gasteiger partial charge is 0.197 e. The Kier molecular flexibility index (Phi) is 6.21. The van der Waals surface area contributed by atoms with Crippen molar-refractivity contribution in [3.8, 4) is 6.07 Å². The second-order valence-corrected chi connectivity index (χ2v) is 8.67. The summed E-state index contributed by atoms with van der Waals surface area (Å²) in [5.41, 5.74) is 2.45. The quantitative estimate of drug-likeness (QED) is 0.579. The summed E-state index contributed by atoms with van der Waals surface area (Å²) in [4.78, 5) is 0. The molecular weight excluding hydrogens is 302 g/mol. The highest BCUT2D eigenvalue weighted by atomic mass is 14.4. The van der Waals surface area contributed by atoms with Crippen molar-refractivity contribution in [3.05, 3.63) is 35.4 Å². The number of nitrogens with zero attached hydrogens (tertiary/aromatic N) is 1. The van der Waals surface area contributed by atoms with Crippen molar-refractivity contribution in [1.29, 1.82) is 5.26 Å². The van der Waals surface area contributed by atoms with Gasteiger partial charge in [0.2, 0.25) is 0 Å². The summed E-state index contributed by atoms with van der Waals surface area (Å²) in [6.45, 7) is 4.57. The molecule has 25 heavy (non-hydrogen) atoms. The first-order valence-electron chi connectivity index (χ1n) is 10.7. The first-order valence-corrected chi connectivity index (χ1v) is 10.7. The van der Waals surface area contributed by atoms with E-state index < -0.39 is 0 Å². The van der Waals surface area contributed by atoms with Crippen molar-refractivity contribution < 1.29 is 0 Å². The summed E-state index contributed by atoms with van der Waals surface area (Å²) in [6.07, 6.45) is 14.1. The number of rotatable bonds is 5. The fourth-order valence-corrected chi connectivity index (χ4v) is 5.42. The van der Waals surface area contributed by atoms with Crippen LogP contribution in [0.15, 0.2) is 24.3 Å². The van der Waals surface area contributed by atoms with Gasteiger partial charge in [-0.2, -0.15) is 5.26 Å². The SMILES string of the molecule is CCCc1ccc(C2(C#N)CCC(C3CCC(CC)CC3)CC2)cc1. The second-order valence-electron chi connectivity index (χ2n) is 8.67. The molecule has 0 radical (unpaired) electrons. The molecule has 2 aliphatic carbocycles. The molecule has 1 heteroatoms. The Morgan fingerprint density at radius 2 is 1.52 bits per heavy atom. The normalized spacial score (nSPS) is 32.9. The van der Waals surface area contributed by atoms with Crippen molar-refractivity contribution in [3.63, 3.8) is 0 Å². The Morgan fingerprint density at radius 1 is 0.920 bits per heavy atom. The third kappa shape index (κ3) is 4.11. The lowest BCUT2D eigenvalue weighted by Crippen LogP contribution is -2.33. The first kappa shape index (κ1) is 18.5. The lowest BCUT2D eigenvalue weighted by molar-refractivity contribution is 0.146. The van der Waals surface area contributed by atoms with Crippen LogP contribution in [0.5, 0.6) is 0 Å². The van der Waals surface area contributed by atoms with Gasteiger partial charge in [0.1, 0.15) is 0 Å². The molecular formula is C24H35N. The second kappa shape index (κ2) is 8.39. The van der Waals surface area contributed by atoms with Crippen LogP contribution in [0.2, 0.25) is 0 Å². The van der Waals surface area contributed by atoms with Crippen LogP contribution in [-0.2, 0) is 11.8 Å². The Morgan fingerprint density at radius 3 is 2.04 bits per heavy atom. The number of hydrogen-bond acceptors (Lipinski definition) is 1. The van der Waals surface area contributed by atoms with Gasteiger partial charge >= 0.3 is 0 Å². The van der Waals surface area contributed by atoms with E-state index in [4.69, 9.17) is 0 Å². The van der Waals surface area contributed by atoms with Gasteiger partial charge in [-0.05, 0) is 73.8 Å². The maximum atomic E-state index is 9.98. The first-order chi connectivity index (χ1) is 12.2. The van der Waals surface area contributed by atoms with Gasteiger partial charge in [-0.15, -0.1) is 0 Å². The minimum absolute atomic E-state index is 0.220. The van der Waals surface area contributed by atoms with Crippen LogP contribution in [0.4, 0.5) is 0 Å². The van der Waals surface area contributed by atoms with Gasteiger partial charge in [0.15, 0.2) is 0 Å². The monoisotopic (exact) mass is 337 g/mol. The van der Waals surface area contributed by atoms with Crippen molar-refractivity contribution in [1.82, 2.24) is 0 Å². The van der Waals surface area contributed by atoms with E-state index in [1.807, 2.05) is 0 Å². The lowest BCUT2D eigenvalue weighted by Gasteiger charge is -2.41. The molecule has 0 bridgehead atoms. The Labute approximate surface area is 154 Å². The minimum Gasteiger partial charge on any atom is -0.197 e. The molecule has 2 saturated carbocycles. The van der Waals surface area contributed by atoms with Crippen molar-refractivity contribution in [2.75, 3.05) is 0 Å². The Balaban J connectivity index is 1.61. The summed E-state index contributed by atoms with van der Waals surface area (Å²) in [7, 11) is 0. The van der Waals surface area contributed by atoms with Crippen molar-refractivity contribution in [2.45, 2.75) is 89.9 Å². The van der Waals surface area contributed by atoms with Crippen LogP contribution in [0.3, 0.4) is 0 Å². The molecule has 1 aromatic rings. The zero-order valence-corrected chi connectivity index (χ0v) is 16.3. The number of hydrogen-bond donors (Lipinski definition) is 0. The number of aryl methyl sites for hydroxylation is 1. The molecule has 0 N–H and O–H groups in total. The van der Waals surface area contributed by atoms with Gasteiger partial charge in [-0.1, -0.05) is 63.8 Å². The van der Waals surface area contributed by atoms with E-state index in [2.05, 4.69) is 44.2 Å². The molecule has 2 aliphatic rings. The van der Waals surface area contributed by atoms with Gasteiger partial charge in [0, 0.05) is 0 Å². The van der Waals surface area contributed by atoms with Crippen LogP contribution in [0.1, 0.15) is 89.2 Å². The molecule has 0 amide bonds. The Hall–Kier alpha value is -1.29. The van der Waals surface area contributed by atoms with E-state index in [-0.39, 0.29) is 5.41 Å². The third-order valence-electron chi connectivity index (χ3n) is 7.28. The predicted octanol–water partition coefficient (Wildman–Crippen LogP) is 6.81. The van der Waals surface area contributed by atoms with Crippen LogP contribution in [-0.4, -0.2) is 0 Å². The summed E-state index contributed by atoms with van der Waals surface area (Å²) in [6, 6.07) is 11.7. The predicted molar refractivity (Wildman–Crippen MR) is 105 cm³/mol. The summed E-state index contributed by atoms with van der Waals surface area (Å²) in [5, 5.41) is 9.98. The molecule has 1 nitrogen and oxygen atoms in total. The molecule has 0 heterocycles. The molecule has 0 atom stereocenters. The van der Waals surface area contributed by atoms with E-state index in [1.165, 1.54) is 62.5 Å². The summed E-state index contributed by atoms with van der Waals surface area (Å²) >= 11 is 0. The van der Waals surface area contributed by atoms with Gasteiger partial charge in [0.05, 0.1) is 11.5 Å². The lowest BCUT2D eigenvalue weighted by atomic mass is 9.63. The fraction of sp³-hybridized carbons (Fsp3) is 0.708. The van der Waals surface area contributed by atoms with E-state index >= 15 is 0 Å². The van der Waals surface area contributed by atoms with Crippen LogP contribution >= 0.6 is 0 Å². The van der Waals surface area contributed by atoms with Crippen LogP contribution in [0, 0.1) is 29.1 Å². The molecule has 2 fully saturated rings. The molecule has 3 rings (SSSR count).